The molecule has 1 aliphatic heterocycles. The number of carbonyl (C=O) groups excluding carboxylic acids is 1. The van der Waals surface area contributed by atoms with Gasteiger partial charge in [-0.25, -0.2) is 4.98 Å². The maximum atomic E-state index is 12.1. The van der Waals surface area contributed by atoms with Gasteiger partial charge in [-0.3, -0.25) is 9.78 Å². The van der Waals surface area contributed by atoms with E-state index in [0.29, 0.717) is 12.2 Å². The molecule has 0 unspecified atom stereocenters. The van der Waals surface area contributed by atoms with Gasteiger partial charge in [0.15, 0.2) is 0 Å². The summed E-state index contributed by atoms with van der Waals surface area (Å²) in [6, 6.07) is 8.43. The molecular weight excluding hydrogens is 290 g/mol. The standard InChI is InChI=1S/C18H21N3O2/c1-13-4-6-14(7-5-13)17-15(3-2-10-23-17)11-21-18(22)16-12-19-8-9-20-16/h4-9,12,15,17H,2-3,10-11H2,1H3,(H,21,22)/t15-,17-/m1/s1. The van der Waals surface area contributed by atoms with Crippen LogP contribution >= 0.6 is 0 Å². The SMILES string of the molecule is Cc1ccc([C@H]2OCCC[C@@H]2CNC(=O)c2cnccn2)cc1. The highest BCUT2D eigenvalue weighted by atomic mass is 16.5. The molecular formula is C18H21N3O2. The number of nitrogens with zero attached hydrogens (tertiary/aromatic N) is 2. The lowest BCUT2D eigenvalue weighted by Crippen LogP contribution is -2.35. The summed E-state index contributed by atoms with van der Waals surface area (Å²) in [7, 11) is 0. The number of ether oxygens (including phenoxy) is 1. The van der Waals surface area contributed by atoms with Crippen molar-refractivity contribution < 1.29 is 9.53 Å². The average Bonchev–Trinajstić information content (AvgIpc) is 2.61. The first kappa shape index (κ1) is 15.6. The monoisotopic (exact) mass is 311 g/mol. The fraction of sp³-hybridized carbons (Fsp3) is 0.389. The Balaban J connectivity index is 1.65. The van der Waals surface area contributed by atoms with E-state index >= 15 is 0 Å². The van der Waals surface area contributed by atoms with Crippen LogP contribution in [0.15, 0.2) is 42.9 Å². The second-order valence-electron chi connectivity index (χ2n) is 5.91. The number of aryl methyl sites for hydroxylation is 1. The van der Waals surface area contributed by atoms with Gasteiger partial charge in [-0.05, 0) is 25.3 Å². The molecule has 3 rings (SSSR count). The molecule has 1 aliphatic rings. The lowest BCUT2D eigenvalue weighted by molar-refractivity contribution is -0.0272. The van der Waals surface area contributed by atoms with Crippen LogP contribution in [0.2, 0.25) is 0 Å². The Morgan fingerprint density at radius 3 is 2.87 bits per heavy atom. The van der Waals surface area contributed by atoms with Crippen molar-refractivity contribution in [1.82, 2.24) is 15.3 Å². The fourth-order valence-corrected chi connectivity index (χ4v) is 2.91. The minimum Gasteiger partial charge on any atom is -0.373 e. The largest absolute Gasteiger partial charge is 0.373 e. The number of aromatic nitrogens is 2. The number of rotatable bonds is 4. The number of nitrogens with one attached hydrogen (secondary N) is 1. The van der Waals surface area contributed by atoms with E-state index in [4.69, 9.17) is 4.74 Å². The number of amides is 1. The fourth-order valence-electron chi connectivity index (χ4n) is 2.91. The van der Waals surface area contributed by atoms with Gasteiger partial charge in [0.05, 0.1) is 12.3 Å². The molecule has 23 heavy (non-hydrogen) atoms. The highest BCUT2D eigenvalue weighted by Gasteiger charge is 2.27. The van der Waals surface area contributed by atoms with Crippen LogP contribution in [0.1, 0.15) is 40.6 Å². The molecule has 1 amide bonds. The molecule has 2 aromatic rings. The second-order valence-corrected chi connectivity index (χ2v) is 5.91. The van der Waals surface area contributed by atoms with E-state index in [1.807, 2.05) is 0 Å². The molecule has 5 nitrogen and oxygen atoms in total. The highest BCUT2D eigenvalue weighted by Crippen LogP contribution is 2.33. The van der Waals surface area contributed by atoms with E-state index in [-0.39, 0.29) is 17.9 Å². The van der Waals surface area contributed by atoms with Crippen LogP contribution in [-0.4, -0.2) is 29.0 Å². The van der Waals surface area contributed by atoms with Crippen molar-refractivity contribution in [3.8, 4) is 0 Å². The summed E-state index contributed by atoms with van der Waals surface area (Å²) in [4.78, 5) is 20.1. The van der Waals surface area contributed by atoms with Gasteiger partial charge in [0.2, 0.25) is 0 Å². The molecule has 5 heteroatoms. The summed E-state index contributed by atoms with van der Waals surface area (Å²) in [5.74, 6) is 0.0819. The van der Waals surface area contributed by atoms with Crippen LogP contribution in [0.5, 0.6) is 0 Å². The van der Waals surface area contributed by atoms with Crippen LogP contribution in [0.4, 0.5) is 0 Å². The Morgan fingerprint density at radius 1 is 1.30 bits per heavy atom. The maximum absolute atomic E-state index is 12.1. The second kappa shape index (κ2) is 7.33. The van der Waals surface area contributed by atoms with Gasteiger partial charge < -0.3 is 10.1 Å². The highest BCUT2D eigenvalue weighted by molar-refractivity contribution is 5.91. The molecule has 1 aromatic heterocycles. The predicted molar refractivity (Wildman–Crippen MR) is 87.0 cm³/mol. The summed E-state index contributed by atoms with van der Waals surface area (Å²) in [6.07, 6.45) is 6.65. The first-order valence-corrected chi connectivity index (χ1v) is 7.96. The van der Waals surface area contributed by atoms with E-state index < -0.39 is 0 Å². The Bertz CT molecular complexity index is 643. The number of hydrogen-bond acceptors (Lipinski definition) is 4. The van der Waals surface area contributed by atoms with Crippen LogP contribution in [-0.2, 0) is 4.74 Å². The van der Waals surface area contributed by atoms with E-state index in [1.165, 1.54) is 23.5 Å². The minimum atomic E-state index is -0.189. The van der Waals surface area contributed by atoms with Gasteiger partial charge >= 0.3 is 0 Å². The number of carbonyl (C=O) groups is 1. The van der Waals surface area contributed by atoms with Gasteiger partial charge in [0.25, 0.3) is 5.91 Å². The van der Waals surface area contributed by atoms with E-state index in [2.05, 4.69) is 46.5 Å². The van der Waals surface area contributed by atoms with Crippen molar-refractivity contribution in [3.63, 3.8) is 0 Å². The van der Waals surface area contributed by atoms with Gasteiger partial charge in [0.1, 0.15) is 5.69 Å². The smallest absolute Gasteiger partial charge is 0.271 e. The molecule has 1 aromatic carbocycles. The van der Waals surface area contributed by atoms with Crippen molar-refractivity contribution in [3.05, 3.63) is 59.7 Å². The molecule has 120 valence electrons. The molecule has 1 N–H and O–H groups in total. The van der Waals surface area contributed by atoms with Crippen molar-refractivity contribution in [1.29, 1.82) is 0 Å². The van der Waals surface area contributed by atoms with Gasteiger partial charge in [-0.1, -0.05) is 29.8 Å². The molecule has 0 aliphatic carbocycles. The lowest BCUT2D eigenvalue weighted by atomic mass is 9.89. The van der Waals surface area contributed by atoms with E-state index in [1.54, 1.807) is 6.20 Å². The van der Waals surface area contributed by atoms with Crippen molar-refractivity contribution in [2.24, 2.45) is 5.92 Å². The molecule has 1 saturated heterocycles. The minimum absolute atomic E-state index is 0.0338. The lowest BCUT2D eigenvalue weighted by Gasteiger charge is -2.32. The van der Waals surface area contributed by atoms with Crippen molar-refractivity contribution in [2.45, 2.75) is 25.9 Å². The topological polar surface area (TPSA) is 64.1 Å². The number of hydrogen-bond donors (Lipinski definition) is 1. The zero-order chi connectivity index (χ0) is 16.1. The molecule has 0 spiro atoms. The molecule has 0 radical (unpaired) electrons. The average molecular weight is 311 g/mol. The molecule has 0 saturated carbocycles. The van der Waals surface area contributed by atoms with Crippen LogP contribution in [0.3, 0.4) is 0 Å². The quantitative estimate of drug-likeness (QED) is 0.943. The van der Waals surface area contributed by atoms with Gasteiger partial charge in [-0.15, -0.1) is 0 Å². The van der Waals surface area contributed by atoms with Crippen molar-refractivity contribution in [2.75, 3.05) is 13.2 Å². The summed E-state index contributed by atoms with van der Waals surface area (Å²) >= 11 is 0. The third-order valence-electron chi connectivity index (χ3n) is 4.17. The molecule has 0 bridgehead atoms. The summed E-state index contributed by atoms with van der Waals surface area (Å²) in [5.41, 5.74) is 2.75. The third kappa shape index (κ3) is 3.93. The Kier molecular flexibility index (Phi) is 4.98. The maximum Gasteiger partial charge on any atom is 0.271 e. The number of benzene rings is 1. The normalized spacial score (nSPS) is 20.9. The summed E-state index contributed by atoms with van der Waals surface area (Å²) < 4.78 is 5.98. The van der Waals surface area contributed by atoms with E-state index in [0.717, 1.165) is 19.4 Å². The molecule has 2 atom stereocenters. The zero-order valence-electron chi connectivity index (χ0n) is 13.2. The van der Waals surface area contributed by atoms with Crippen LogP contribution in [0.25, 0.3) is 0 Å². The van der Waals surface area contributed by atoms with Crippen LogP contribution in [0, 0.1) is 12.8 Å². The van der Waals surface area contributed by atoms with Crippen molar-refractivity contribution >= 4 is 5.91 Å². The van der Waals surface area contributed by atoms with Gasteiger partial charge in [0, 0.05) is 31.5 Å². The Hall–Kier alpha value is -2.27. The molecule has 2 heterocycles. The van der Waals surface area contributed by atoms with Crippen LogP contribution < -0.4 is 5.32 Å². The molecule has 1 fully saturated rings. The third-order valence-corrected chi connectivity index (χ3v) is 4.17. The first-order chi connectivity index (χ1) is 11.2. The summed E-state index contributed by atoms with van der Waals surface area (Å²) in [6.45, 7) is 3.42. The van der Waals surface area contributed by atoms with Gasteiger partial charge in [-0.2, -0.15) is 0 Å². The Morgan fingerprint density at radius 2 is 2.13 bits per heavy atom. The first-order valence-electron chi connectivity index (χ1n) is 7.96. The predicted octanol–water partition coefficient (Wildman–Crippen LogP) is 2.68. The summed E-state index contributed by atoms with van der Waals surface area (Å²) in [5, 5.41) is 2.96. The Labute approximate surface area is 136 Å². The zero-order valence-corrected chi connectivity index (χ0v) is 13.2. The van der Waals surface area contributed by atoms with E-state index in [9.17, 15) is 4.79 Å².